The van der Waals surface area contributed by atoms with Crippen LogP contribution in [0, 0.1) is 5.92 Å². The Bertz CT molecular complexity index is 209. The van der Waals surface area contributed by atoms with Gasteiger partial charge in [0.1, 0.15) is 0 Å². The monoisotopic (exact) mass is 228 g/mol. The van der Waals surface area contributed by atoms with Gasteiger partial charge in [-0.2, -0.15) is 0 Å². The molecular weight excluding hydrogens is 204 g/mol. The zero-order chi connectivity index (χ0) is 12.0. The van der Waals surface area contributed by atoms with Gasteiger partial charge >= 0.3 is 6.03 Å². The second-order valence-electron chi connectivity index (χ2n) is 4.90. The predicted molar refractivity (Wildman–Crippen MR) is 64.3 cm³/mol. The number of nitrogens with one attached hydrogen (secondary N) is 2. The van der Waals surface area contributed by atoms with E-state index in [1.807, 2.05) is 13.8 Å². The molecule has 1 fully saturated rings. The minimum absolute atomic E-state index is 0.00795. The number of hydrogen-bond donors (Lipinski definition) is 3. The molecule has 0 aromatic rings. The van der Waals surface area contributed by atoms with E-state index < -0.39 is 0 Å². The molecule has 16 heavy (non-hydrogen) atoms. The normalized spacial score (nSPS) is 21.2. The van der Waals surface area contributed by atoms with Crippen LogP contribution < -0.4 is 10.6 Å². The van der Waals surface area contributed by atoms with Crippen LogP contribution in [0.2, 0.25) is 0 Å². The highest BCUT2D eigenvalue weighted by Crippen LogP contribution is 2.17. The molecule has 1 saturated carbocycles. The van der Waals surface area contributed by atoms with Crippen LogP contribution in [0.5, 0.6) is 0 Å². The Kier molecular flexibility index (Phi) is 5.60. The minimum Gasteiger partial charge on any atom is -0.396 e. The number of amides is 2. The standard InChI is InChI=1S/C12H24N2O2/c1-9(8-15)10(2)13-12(16)14-11-6-4-3-5-7-11/h9-11,15H,3-8H2,1-2H3,(H2,13,14,16). The van der Waals surface area contributed by atoms with Crippen molar-refractivity contribution in [3.8, 4) is 0 Å². The van der Waals surface area contributed by atoms with Gasteiger partial charge in [-0.15, -0.1) is 0 Å². The molecule has 2 amide bonds. The van der Waals surface area contributed by atoms with Crippen molar-refractivity contribution >= 4 is 6.03 Å². The molecule has 0 spiro atoms. The summed E-state index contributed by atoms with van der Waals surface area (Å²) in [5.41, 5.74) is 0. The largest absolute Gasteiger partial charge is 0.396 e. The number of rotatable bonds is 4. The van der Waals surface area contributed by atoms with Gasteiger partial charge < -0.3 is 15.7 Å². The summed E-state index contributed by atoms with van der Waals surface area (Å²) in [5.74, 6) is 0.0945. The Morgan fingerprint density at radius 2 is 1.94 bits per heavy atom. The summed E-state index contributed by atoms with van der Waals surface area (Å²) in [7, 11) is 0. The lowest BCUT2D eigenvalue weighted by atomic mass is 9.96. The highest BCUT2D eigenvalue weighted by molar-refractivity contribution is 5.74. The van der Waals surface area contributed by atoms with E-state index in [9.17, 15) is 4.79 Å². The van der Waals surface area contributed by atoms with E-state index in [-0.39, 0.29) is 24.6 Å². The predicted octanol–water partition coefficient (Wildman–Crippen LogP) is 1.64. The van der Waals surface area contributed by atoms with Crippen molar-refractivity contribution in [1.82, 2.24) is 10.6 Å². The van der Waals surface area contributed by atoms with Gasteiger partial charge in [-0.05, 0) is 25.7 Å². The molecule has 0 radical (unpaired) electrons. The molecule has 3 N–H and O–H groups in total. The van der Waals surface area contributed by atoms with E-state index in [4.69, 9.17) is 5.11 Å². The van der Waals surface area contributed by atoms with Gasteiger partial charge in [-0.25, -0.2) is 4.79 Å². The number of aliphatic hydroxyl groups excluding tert-OH is 1. The zero-order valence-electron chi connectivity index (χ0n) is 10.3. The average molecular weight is 228 g/mol. The maximum atomic E-state index is 11.6. The van der Waals surface area contributed by atoms with Crippen molar-refractivity contribution in [2.24, 2.45) is 5.92 Å². The van der Waals surface area contributed by atoms with E-state index >= 15 is 0 Å². The Hall–Kier alpha value is -0.770. The Morgan fingerprint density at radius 3 is 2.50 bits per heavy atom. The average Bonchev–Trinajstić information content (AvgIpc) is 2.29. The van der Waals surface area contributed by atoms with Crippen molar-refractivity contribution in [3.63, 3.8) is 0 Å². The van der Waals surface area contributed by atoms with Gasteiger partial charge in [-0.3, -0.25) is 0 Å². The first-order valence-electron chi connectivity index (χ1n) is 6.31. The Morgan fingerprint density at radius 1 is 1.31 bits per heavy atom. The van der Waals surface area contributed by atoms with Gasteiger partial charge in [0.05, 0.1) is 0 Å². The molecular formula is C12H24N2O2. The van der Waals surface area contributed by atoms with Gasteiger partial charge in [0, 0.05) is 18.7 Å². The number of carbonyl (C=O) groups excluding carboxylic acids is 1. The van der Waals surface area contributed by atoms with Gasteiger partial charge in [0.15, 0.2) is 0 Å². The fourth-order valence-electron chi connectivity index (χ4n) is 1.98. The highest BCUT2D eigenvalue weighted by Gasteiger charge is 2.18. The maximum Gasteiger partial charge on any atom is 0.315 e. The lowest BCUT2D eigenvalue weighted by molar-refractivity contribution is 0.197. The molecule has 4 heteroatoms. The first kappa shape index (κ1) is 13.3. The van der Waals surface area contributed by atoms with E-state index in [1.165, 1.54) is 19.3 Å². The number of urea groups is 1. The minimum atomic E-state index is -0.0975. The van der Waals surface area contributed by atoms with Crippen LogP contribution in [0.1, 0.15) is 46.0 Å². The van der Waals surface area contributed by atoms with Crippen LogP contribution in [-0.2, 0) is 0 Å². The molecule has 0 heterocycles. The Balaban J connectivity index is 2.23. The van der Waals surface area contributed by atoms with E-state index in [0.29, 0.717) is 6.04 Å². The van der Waals surface area contributed by atoms with Crippen LogP contribution in [0.25, 0.3) is 0 Å². The molecule has 2 unspecified atom stereocenters. The first-order valence-corrected chi connectivity index (χ1v) is 6.31. The molecule has 0 bridgehead atoms. The summed E-state index contributed by atoms with van der Waals surface area (Å²) in [6.45, 7) is 3.94. The topological polar surface area (TPSA) is 61.4 Å². The van der Waals surface area contributed by atoms with E-state index in [2.05, 4.69) is 10.6 Å². The van der Waals surface area contributed by atoms with E-state index in [0.717, 1.165) is 12.8 Å². The summed E-state index contributed by atoms with van der Waals surface area (Å²) in [5, 5.41) is 14.8. The second kappa shape index (κ2) is 6.74. The lowest BCUT2D eigenvalue weighted by Crippen LogP contribution is -2.48. The van der Waals surface area contributed by atoms with Crippen LogP contribution in [-0.4, -0.2) is 29.8 Å². The SMILES string of the molecule is CC(CO)C(C)NC(=O)NC1CCCCC1. The van der Waals surface area contributed by atoms with Gasteiger partial charge in [0.2, 0.25) is 0 Å². The second-order valence-corrected chi connectivity index (χ2v) is 4.90. The Labute approximate surface area is 97.8 Å². The van der Waals surface area contributed by atoms with Gasteiger partial charge in [-0.1, -0.05) is 26.2 Å². The molecule has 4 nitrogen and oxygen atoms in total. The van der Waals surface area contributed by atoms with Crippen LogP contribution >= 0.6 is 0 Å². The molecule has 94 valence electrons. The third-order valence-electron chi connectivity index (χ3n) is 3.44. The number of hydrogen-bond acceptors (Lipinski definition) is 2. The fourth-order valence-corrected chi connectivity index (χ4v) is 1.98. The lowest BCUT2D eigenvalue weighted by Gasteiger charge is -2.25. The van der Waals surface area contributed by atoms with Crippen LogP contribution in [0.3, 0.4) is 0 Å². The molecule has 1 aliphatic rings. The van der Waals surface area contributed by atoms with Gasteiger partial charge in [0.25, 0.3) is 0 Å². The molecule has 2 atom stereocenters. The smallest absolute Gasteiger partial charge is 0.315 e. The fraction of sp³-hybridized carbons (Fsp3) is 0.917. The molecule has 0 saturated heterocycles. The van der Waals surface area contributed by atoms with E-state index in [1.54, 1.807) is 0 Å². The summed E-state index contributed by atoms with van der Waals surface area (Å²) >= 11 is 0. The van der Waals surface area contributed by atoms with Crippen LogP contribution in [0.15, 0.2) is 0 Å². The van der Waals surface area contributed by atoms with Crippen molar-refractivity contribution in [3.05, 3.63) is 0 Å². The van der Waals surface area contributed by atoms with Crippen molar-refractivity contribution < 1.29 is 9.90 Å². The first-order chi connectivity index (χ1) is 7.63. The molecule has 0 aliphatic heterocycles. The summed E-state index contributed by atoms with van der Waals surface area (Å²) in [6.07, 6.45) is 5.91. The third kappa shape index (κ3) is 4.39. The number of aliphatic hydroxyl groups is 1. The zero-order valence-corrected chi connectivity index (χ0v) is 10.3. The van der Waals surface area contributed by atoms with Crippen molar-refractivity contribution in [2.75, 3.05) is 6.61 Å². The molecule has 1 aliphatic carbocycles. The summed E-state index contributed by atoms with van der Waals surface area (Å²) in [6, 6.07) is 0.249. The number of carbonyl (C=O) groups is 1. The van der Waals surface area contributed by atoms with Crippen LogP contribution in [0.4, 0.5) is 4.79 Å². The summed E-state index contributed by atoms with van der Waals surface area (Å²) < 4.78 is 0. The highest BCUT2D eigenvalue weighted by atomic mass is 16.3. The maximum absolute atomic E-state index is 11.6. The molecule has 1 rings (SSSR count). The van der Waals surface area contributed by atoms with Crippen molar-refractivity contribution in [2.45, 2.75) is 58.0 Å². The summed E-state index contributed by atoms with van der Waals surface area (Å²) in [4.78, 5) is 11.6. The third-order valence-corrected chi connectivity index (χ3v) is 3.44. The van der Waals surface area contributed by atoms with Crippen molar-refractivity contribution in [1.29, 1.82) is 0 Å². The molecule has 0 aromatic heterocycles. The molecule has 0 aromatic carbocycles. The quantitative estimate of drug-likeness (QED) is 0.685.